The first kappa shape index (κ1) is 24.7. The summed E-state index contributed by atoms with van der Waals surface area (Å²) in [6.45, 7) is 5.92. The predicted molar refractivity (Wildman–Crippen MR) is 132 cm³/mol. The number of rotatable bonds is 11. The van der Waals surface area contributed by atoms with Crippen molar-refractivity contribution in [3.05, 3.63) is 95.1 Å². The van der Waals surface area contributed by atoms with E-state index in [4.69, 9.17) is 9.47 Å². The van der Waals surface area contributed by atoms with E-state index in [0.29, 0.717) is 29.2 Å². The van der Waals surface area contributed by atoms with Crippen LogP contribution in [0.4, 0.5) is 5.69 Å². The number of hydrogen-bond donors (Lipinski definition) is 1. The summed E-state index contributed by atoms with van der Waals surface area (Å²) in [5, 5.41) is 3.07. The van der Waals surface area contributed by atoms with Crippen molar-refractivity contribution >= 4 is 23.2 Å². The van der Waals surface area contributed by atoms with E-state index < -0.39 is 18.6 Å². The number of Topliss-reactive ketones (excluding diaryl/α,β-unsaturated/α-hetero) is 2. The second-order valence-corrected chi connectivity index (χ2v) is 7.98. The van der Waals surface area contributed by atoms with E-state index in [2.05, 4.69) is 5.32 Å². The van der Waals surface area contributed by atoms with Gasteiger partial charge in [-0.3, -0.25) is 9.59 Å². The molecule has 0 aliphatic rings. The summed E-state index contributed by atoms with van der Waals surface area (Å²) in [6, 6.07) is 20.2. The van der Waals surface area contributed by atoms with Crippen LogP contribution in [0.15, 0.2) is 72.8 Å². The van der Waals surface area contributed by atoms with Gasteiger partial charge in [0.05, 0.1) is 6.61 Å². The summed E-state index contributed by atoms with van der Waals surface area (Å²) in [6.07, 6.45) is -0.117. The van der Waals surface area contributed by atoms with Crippen molar-refractivity contribution in [3.8, 4) is 5.75 Å². The minimum atomic E-state index is -0.960. The van der Waals surface area contributed by atoms with Crippen molar-refractivity contribution in [3.63, 3.8) is 0 Å². The van der Waals surface area contributed by atoms with E-state index in [1.807, 2.05) is 32.9 Å². The zero-order valence-corrected chi connectivity index (χ0v) is 19.7. The molecule has 0 saturated heterocycles. The molecule has 3 aromatic carbocycles. The second-order valence-electron chi connectivity index (χ2n) is 7.98. The largest absolute Gasteiger partial charge is 0.494 e. The van der Waals surface area contributed by atoms with Gasteiger partial charge in [-0.1, -0.05) is 42.5 Å². The van der Waals surface area contributed by atoms with Crippen molar-refractivity contribution in [2.75, 3.05) is 18.5 Å². The van der Waals surface area contributed by atoms with Crippen LogP contribution in [0, 0.1) is 13.8 Å². The van der Waals surface area contributed by atoms with Crippen molar-refractivity contribution < 1.29 is 23.9 Å². The SMILES string of the molecule is CCOc1ccc(N[C@@H](CC(=O)c2ccccc2)C(=O)OCC(=O)c2ccc(C)c(C)c2)cc1. The van der Waals surface area contributed by atoms with E-state index in [1.165, 1.54) is 0 Å². The number of esters is 1. The third-order valence-electron chi connectivity index (χ3n) is 5.45. The number of carbonyl (C=O) groups is 3. The normalized spacial score (nSPS) is 11.4. The van der Waals surface area contributed by atoms with E-state index in [9.17, 15) is 14.4 Å². The highest BCUT2D eigenvalue weighted by atomic mass is 16.5. The molecule has 0 heterocycles. The number of benzene rings is 3. The van der Waals surface area contributed by atoms with Gasteiger partial charge in [-0.2, -0.15) is 0 Å². The molecule has 6 nitrogen and oxygen atoms in total. The van der Waals surface area contributed by atoms with Gasteiger partial charge < -0.3 is 14.8 Å². The lowest BCUT2D eigenvalue weighted by molar-refractivity contribution is -0.143. The zero-order chi connectivity index (χ0) is 24.5. The second kappa shape index (κ2) is 11.8. The summed E-state index contributed by atoms with van der Waals surface area (Å²) in [5.41, 5.74) is 3.67. The van der Waals surface area contributed by atoms with Gasteiger partial charge in [-0.05, 0) is 62.2 Å². The molecule has 0 aliphatic carbocycles. The van der Waals surface area contributed by atoms with Crippen LogP contribution in [-0.2, 0) is 9.53 Å². The molecule has 3 aromatic rings. The molecule has 0 saturated carbocycles. The highest BCUT2D eigenvalue weighted by Crippen LogP contribution is 2.19. The summed E-state index contributed by atoms with van der Waals surface area (Å²) >= 11 is 0. The van der Waals surface area contributed by atoms with Gasteiger partial charge in [0.25, 0.3) is 0 Å². The number of anilines is 1. The van der Waals surface area contributed by atoms with Crippen LogP contribution < -0.4 is 10.1 Å². The molecule has 0 bridgehead atoms. The standard InChI is InChI=1S/C28H29NO5/c1-4-33-24-14-12-23(13-15-24)29-25(17-26(30)21-8-6-5-7-9-21)28(32)34-18-27(31)22-11-10-19(2)20(3)16-22/h5-16,25,29H,4,17-18H2,1-3H3/t25-/m0/s1. The average molecular weight is 460 g/mol. The Morgan fingerprint density at radius 1 is 0.824 bits per heavy atom. The lowest BCUT2D eigenvalue weighted by atomic mass is 10.0. The van der Waals surface area contributed by atoms with Gasteiger partial charge in [0.15, 0.2) is 18.2 Å². The number of aryl methyl sites for hydroxylation is 2. The molecule has 176 valence electrons. The maximum absolute atomic E-state index is 12.9. The van der Waals surface area contributed by atoms with Crippen LogP contribution in [0.2, 0.25) is 0 Å². The first-order chi connectivity index (χ1) is 16.4. The zero-order valence-electron chi connectivity index (χ0n) is 19.7. The number of ether oxygens (including phenoxy) is 2. The van der Waals surface area contributed by atoms with Crippen LogP contribution in [0.3, 0.4) is 0 Å². The predicted octanol–water partition coefficient (Wildman–Crippen LogP) is 5.18. The molecule has 34 heavy (non-hydrogen) atoms. The molecular weight excluding hydrogens is 430 g/mol. The maximum atomic E-state index is 12.9. The van der Waals surface area contributed by atoms with Gasteiger partial charge >= 0.3 is 5.97 Å². The lowest BCUT2D eigenvalue weighted by Crippen LogP contribution is -2.34. The molecule has 1 atom stereocenters. The maximum Gasteiger partial charge on any atom is 0.329 e. The van der Waals surface area contributed by atoms with Crippen molar-refractivity contribution in [1.82, 2.24) is 0 Å². The highest BCUT2D eigenvalue weighted by Gasteiger charge is 2.25. The van der Waals surface area contributed by atoms with E-state index in [0.717, 1.165) is 11.1 Å². The molecule has 1 N–H and O–H groups in total. The quantitative estimate of drug-likeness (QED) is 0.314. The monoisotopic (exact) mass is 459 g/mol. The fourth-order valence-electron chi connectivity index (χ4n) is 3.37. The molecule has 0 radical (unpaired) electrons. The Kier molecular flexibility index (Phi) is 8.57. The summed E-state index contributed by atoms with van der Waals surface area (Å²) in [7, 11) is 0. The van der Waals surface area contributed by atoms with Gasteiger partial charge in [0.1, 0.15) is 11.8 Å². The van der Waals surface area contributed by atoms with Crippen LogP contribution in [0.25, 0.3) is 0 Å². The van der Waals surface area contributed by atoms with Gasteiger partial charge in [-0.25, -0.2) is 4.79 Å². The van der Waals surface area contributed by atoms with Crippen molar-refractivity contribution in [1.29, 1.82) is 0 Å². The van der Waals surface area contributed by atoms with Gasteiger partial charge in [0, 0.05) is 23.2 Å². The van der Waals surface area contributed by atoms with Crippen LogP contribution in [0.5, 0.6) is 5.75 Å². The first-order valence-electron chi connectivity index (χ1n) is 11.2. The topological polar surface area (TPSA) is 81.7 Å². The van der Waals surface area contributed by atoms with Crippen molar-refractivity contribution in [2.24, 2.45) is 0 Å². The Morgan fingerprint density at radius 2 is 1.53 bits per heavy atom. The van der Waals surface area contributed by atoms with E-state index in [-0.39, 0.29) is 18.0 Å². The van der Waals surface area contributed by atoms with Gasteiger partial charge in [-0.15, -0.1) is 0 Å². The summed E-state index contributed by atoms with van der Waals surface area (Å²) < 4.78 is 10.8. The Morgan fingerprint density at radius 3 is 2.18 bits per heavy atom. The molecule has 0 spiro atoms. The van der Waals surface area contributed by atoms with Crippen LogP contribution in [0.1, 0.15) is 45.2 Å². The Hall–Kier alpha value is -3.93. The Bertz CT molecular complexity index is 1140. The lowest BCUT2D eigenvalue weighted by Gasteiger charge is -2.18. The minimum Gasteiger partial charge on any atom is -0.494 e. The molecule has 0 aromatic heterocycles. The number of carbonyl (C=O) groups excluding carboxylic acids is 3. The smallest absolute Gasteiger partial charge is 0.329 e. The van der Waals surface area contributed by atoms with Crippen LogP contribution >= 0.6 is 0 Å². The Labute approximate surface area is 199 Å². The Balaban J connectivity index is 1.71. The average Bonchev–Trinajstić information content (AvgIpc) is 2.85. The molecule has 0 unspecified atom stereocenters. The molecule has 3 rings (SSSR count). The first-order valence-corrected chi connectivity index (χ1v) is 11.2. The molecule has 0 aliphatic heterocycles. The number of nitrogens with one attached hydrogen (secondary N) is 1. The third-order valence-corrected chi connectivity index (χ3v) is 5.45. The highest BCUT2D eigenvalue weighted by molar-refractivity contribution is 6.01. The molecule has 0 fully saturated rings. The molecule has 0 amide bonds. The minimum absolute atomic E-state index is 0.117. The third kappa shape index (κ3) is 6.78. The summed E-state index contributed by atoms with van der Waals surface area (Å²) in [4.78, 5) is 38.3. The number of hydrogen-bond acceptors (Lipinski definition) is 6. The van der Waals surface area contributed by atoms with Gasteiger partial charge in [0.2, 0.25) is 0 Å². The number of ketones is 2. The summed E-state index contributed by atoms with van der Waals surface area (Å²) in [5.74, 6) is -0.478. The molecule has 6 heteroatoms. The molecular formula is C28H29NO5. The fourth-order valence-corrected chi connectivity index (χ4v) is 3.37. The van der Waals surface area contributed by atoms with E-state index >= 15 is 0 Å². The van der Waals surface area contributed by atoms with Crippen molar-refractivity contribution in [2.45, 2.75) is 33.2 Å². The fraction of sp³-hybridized carbons (Fsp3) is 0.250. The van der Waals surface area contributed by atoms with E-state index in [1.54, 1.807) is 60.7 Å². The van der Waals surface area contributed by atoms with Crippen LogP contribution in [-0.4, -0.2) is 36.8 Å².